The van der Waals surface area contributed by atoms with E-state index in [2.05, 4.69) is 5.32 Å². The molecule has 1 rings (SSSR count). The first-order chi connectivity index (χ1) is 11.5. The molecule has 10 nitrogen and oxygen atoms in total. The fourth-order valence-corrected chi connectivity index (χ4v) is 3.13. The first kappa shape index (κ1) is 20.5. The van der Waals surface area contributed by atoms with Crippen molar-refractivity contribution in [3.63, 3.8) is 0 Å². The van der Waals surface area contributed by atoms with Gasteiger partial charge in [0.05, 0.1) is 9.82 Å². The van der Waals surface area contributed by atoms with E-state index in [-0.39, 0.29) is 29.5 Å². The second kappa shape index (κ2) is 8.53. The van der Waals surface area contributed by atoms with Gasteiger partial charge in [0.15, 0.2) is 0 Å². The first-order valence-electron chi connectivity index (χ1n) is 7.32. The molecule has 0 bridgehead atoms. The summed E-state index contributed by atoms with van der Waals surface area (Å²) in [4.78, 5) is 32.4. The van der Waals surface area contributed by atoms with E-state index in [4.69, 9.17) is 5.11 Å². The molecule has 0 aromatic heterocycles. The number of carboxylic acids is 1. The lowest BCUT2D eigenvalue weighted by atomic mass is 10.1. The van der Waals surface area contributed by atoms with Crippen molar-refractivity contribution in [2.75, 3.05) is 0 Å². The maximum atomic E-state index is 12.2. The lowest BCUT2D eigenvalue weighted by Gasteiger charge is -2.15. The largest absolute Gasteiger partial charge is 0.480 e. The normalized spacial score (nSPS) is 12.6. The van der Waals surface area contributed by atoms with E-state index in [1.807, 2.05) is 4.72 Å². The Bertz CT molecular complexity index is 744. The molecule has 1 aromatic rings. The standard InChI is InChI=1S/C14H19N3O7S/c1-9(2)15-13(18)8-7-12(14(19)20)16-25(23,24)11-5-3-10(4-6-11)17(21)22/h3-6,9,12,16H,7-8H2,1-2H3,(H,15,18)(H,19,20)/t12-/m0/s1. The van der Waals surface area contributed by atoms with Crippen molar-refractivity contribution in [1.29, 1.82) is 0 Å². The van der Waals surface area contributed by atoms with Crippen LogP contribution >= 0.6 is 0 Å². The Morgan fingerprint density at radius 1 is 1.24 bits per heavy atom. The minimum atomic E-state index is -4.20. The summed E-state index contributed by atoms with van der Waals surface area (Å²) in [5, 5.41) is 22.3. The van der Waals surface area contributed by atoms with Gasteiger partial charge in [0, 0.05) is 24.6 Å². The molecule has 138 valence electrons. The average molecular weight is 373 g/mol. The van der Waals surface area contributed by atoms with Gasteiger partial charge >= 0.3 is 5.97 Å². The predicted octanol–water partition coefficient (Wildman–Crippen LogP) is 0.631. The lowest BCUT2D eigenvalue weighted by molar-refractivity contribution is -0.384. The molecule has 0 heterocycles. The highest BCUT2D eigenvalue weighted by Gasteiger charge is 2.26. The van der Waals surface area contributed by atoms with Crippen molar-refractivity contribution in [3.05, 3.63) is 34.4 Å². The molecule has 3 N–H and O–H groups in total. The highest BCUT2D eigenvalue weighted by molar-refractivity contribution is 7.89. The molecule has 0 radical (unpaired) electrons. The summed E-state index contributed by atoms with van der Waals surface area (Å²) in [7, 11) is -4.20. The number of carboxylic acid groups (broad SMARTS) is 1. The van der Waals surface area contributed by atoms with Crippen LogP contribution in [0, 0.1) is 10.1 Å². The van der Waals surface area contributed by atoms with Crippen LogP contribution in [0.15, 0.2) is 29.2 Å². The number of amides is 1. The number of sulfonamides is 1. The van der Waals surface area contributed by atoms with E-state index in [0.717, 1.165) is 24.3 Å². The monoisotopic (exact) mass is 373 g/mol. The zero-order chi connectivity index (χ0) is 19.2. The Labute approximate surface area is 144 Å². The Morgan fingerprint density at radius 2 is 1.80 bits per heavy atom. The maximum Gasteiger partial charge on any atom is 0.321 e. The number of aliphatic carboxylic acids is 1. The van der Waals surface area contributed by atoms with Gasteiger partial charge in [-0.3, -0.25) is 19.7 Å². The Kier molecular flexibility index (Phi) is 7.00. The zero-order valence-corrected chi connectivity index (χ0v) is 14.4. The van der Waals surface area contributed by atoms with Crippen LogP contribution in [0.1, 0.15) is 26.7 Å². The smallest absolute Gasteiger partial charge is 0.321 e. The number of rotatable bonds is 9. The number of carbonyl (C=O) groups excluding carboxylic acids is 1. The molecule has 1 aromatic carbocycles. The second-order valence-electron chi connectivity index (χ2n) is 5.52. The number of nitrogens with one attached hydrogen (secondary N) is 2. The van der Waals surface area contributed by atoms with Crippen LogP contribution in [0.2, 0.25) is 0 Å². The average Bonchev–Trinajstić information content (AvgIpc) is 2.50. The van der Waals surface area contributed by atoms with Gasteiger partial charge < -0.3 is 10.4 Å². The number of nitro benzene ring substituents is 1. The fourth-order valence-electron chi connectivity index (χ4n) is 1.90. The van der Waals surface area contributed by atoms with Gasteiger partial charge in [-0.2, -0.15) is 4.72 Å². The van der Waals surface area contributed by atoms with Gasteiger partial charge in [-0.05, 0) is 32.4 Å². The van der Waals surface area contributed by atoms with Crippen molar-refractivity contribution < 1.29 is 28.0 Å². The molecule has 1 amide bonds. The van der Waals surface area contributed by atoms with Gasteiger partial charge in [0.25, 0.3) is 5.69 Å². The van der Waals surface area contributed by atoms with E-state index < -0.39 is 32.9 Å². The van der Waals surface area contributed by atoms with Gasteiger partial charge in [-0.25, -0.2) is 8.42 Å². The van der Waals surface area contributed by atoms with Crippen LogP contribution in [0.5, 0.6) is 0 Å². The van der Waals surface area contributed by atoms with Crippen LogP contribution in [-0.4, -0.2) is 42.4 Å². The molecule has 0 fully saturated rings. The number of nitrogens with zero attached hydrogens (tertiary/aromatic N) is 1. The predicted molar refractivity (Wildman–Crippen MR) is 87.4 cm³/mol. The number of hydrogen-bond acceptors (Lipinski definition) is 6. The summed E-state index contributed by atoms with van der Waals surface area (Å²) >= 11 is 0. The van der Waals surface area contributed by atoms with Crippen LogP contribution in [0.25, 0.3) is 0 Å². The fraction of sp³-hybridized carbons (Fsp3) is 0.429. The Morgan fingerprint density at radius 3 is 2.24 bits per heavy atom. The van der Waals surface area contributed by atoms with Crippen LogP contribution < -0.4 is 10.0 Å². The molecular formula is C14H19N3O7S. The van der Waals surface area contributed by atoms with Crippen molar-refractivity contribution in [1.82, 2.24) is 10.0 Å². The van der Waals surface area contributed by atoms with E-state index in [9.17, 15) is 28.1 Å². The highest BCUT2D eigenvalue weighted by atomic mass is 32.2. The second-order valence-corrected chi connectivity index (χ2v) is 7.24. The van der Waals surface area contributed by atoms with E-state index in [0.29, 0.717) is 0 Å². The zero-order valence-electron chi connectivity index (χ0n) is 13.6. The maximum absolute atomic E-state index is 12.2. The van der Waals surface area contributed by atoms with Gasteiger partial charge in [-0.15, -0.1) is 0 Å². The molecule has 0 aliphatic rings. The third kappa shape index (κ3) is 6.47. The van der Waals surface area contributed by atoms with E-state index in [1.165, 1.54) is 0 Å². The van der Waals surface area contributed by atoms with Crippen molar-refractivity contribution in [3.8, 4) is 0 Å². The molecule has 0 aliphatic carbocycles. The number of hydrogen-bond donors (Lipinski definition) is 3. The summed E-state index contributed by atoms with van der Waals surface area (Å²) in [6, 6.07) is 2.39. The van der Waals surface area contributed by atoms with E-state index in [1.54, 1.807) is 13.8 Å². The molecule has 0 spiro atoms. The molecular weight excluding hydrogens is 354 g/mol. The summed E-state index contributed by atoms with van der Waals surface area (Å²) < 4.78 is 26.4. The van der Waals surface area contributed by atoms with Gasteiger partial charge in [0.1, 0.15) is 6.04 Å². The summed E-state index contributed by atoms with van der Waals surface area (Å²) in [5.74, 6) is -1.82. The van der Waals surface area contributed by atoms with Crippen molar-refractivity contribution >= 4 is 27.6 Å². The third-order valence-corrected chi connectivity index (χ3v) is 4.55. The topological polar surface area (TPSA) is 156 Å². The molecule has 0 unspecified atom stereocenters. The third-order valence-electron chi connectivity index (χ3n) is 3.06. The molecule has 11 heteroatoms. The summed E-state index contributed by atoms with van der Waals surface area (Å²) in [6.45, 7) is 3.48. The Balaban J connectivity index is 2.83. The minimum absolute atomic E-state index is 0.118. The van der Waals surface area contributed by atoms with Crippen LogP contribution in [-0.2, 0) is 19.6 Å². The molecule has 0 aliphatic heterocycles. The van der Waals surface area contributed by atoms with Crippen LogP contribution in [0.3, 0.4) is 0 Å². The van der Waals surface area contributed by atoms with Gasteiger partial charge in [-0.1, -0.05) is 0 Å². The van der Waals surface area contributed by atoms with Crippen molar-refractivity contribution in [2.45, 2.75) is 43.7 Å². The number of nitro groups is 1. The van der Waals surface area contributed by atoms with E-state index >= 15 is 0 Å². The van der Waals surface area contributed by atoms with Crippen LogP contribution in [0.4, 0.5) is 5.69 Å². The summed E-state index contributed by atoms with van der Waals surface area (Å²) in [5.41, 5.74) is -0.293. The van der Waals surface area contributed by atoms with Gasteiger partial charge in [0.2, 0.25) is 15.9 Å². The molecule has 0 saturated heterocycles. The molecule has 1 atom stereocenters. The molecule has 25 heavy (non-hydrogen) atoms. The quantitative estimate of drug-likeness (QED) is 0.423. The molecule has 0 saturated carbocycles. The first-order valence-corrected chi connectivity index (χ1v) is 8.80. The summed E-state index contributed by atoms with van der Waals surface area (Å²) in [6.07, 6.45) is -0.405. The minimum Gasteiger partial charge on any atom is -0.480 e. The van der Waals surface area contributed by atoms with Crippen molar-refractivity contribution in [2.24, 2.45) is 0 Å². The lowest BCUT2D eigenvalue weighted by Crippen LogP contribution is -2.42. The number of non-ortho nitro benzene ring substituents is 1. The number of benzene rings is 1. The number of carbonyl (C=O) groups is 2. The Hall–Kier alpha value is -2.53. The highest BCUT2D eigenvalue weighted by Crippen LogP contribution is 2.16. The SMILES string of the molecule is CC(C)NC(=O)CC[C@H](NS(=O)(=O)c1ccc([N+](=O)[O-])cc1)C(=O)O.